The van der Waals surface area contributed by atoms with Gasteiger partial charge in [0, 0.05) is 15.6 Å². The molecule has 0 N–H and O–H groups in total. The van der Waals surface area contributed by atoms with Crippen LogP contribution in [-0.4, -0.2) is 17.3 Å². The quantitative estimate of drug-likeness (QED) is 0.220. The third kappa shape index (κ3) is 5.39. The zero-order chi connectivity index (χ0) is 23.5. The molecular formula is C24H16BrCl2NO3S2. The molecule has 0 atom stereocenters. The van der Waals surface area contributed by atoms with E-state index in [1.54, 1.807) is 31.4 Å². The molecule has 0 saturated carbocycles. The van der Waals surface area contributed by atoms with Crippen LogP contribution in [0, 0.1) is 0 Å². The summed E-state index contributed by atoms with van der Waals surface area (Å²) in [5, 5.41) is 1.12. The molecule has 1 fully saturated rings. The molecule has 1 amide bonds. The van der Waals surface area contributed by atoms with Gasteiger partial charge in [-0.15, -0.1) is 0 Å². The van der Waals surface area contributed by atoms with Gasteiger partial charge in [-0.05, 0) is 64.0 Å². The summed E-state index contributed by atoms with van der Waals surface area (Å²) in [6, 6.07) is 18.2. The van der Waals surface area contributed by atoms with Crippen molar-refractivity contribution in [2.24, 2.45) is 0 Å². The number of rotatable bonds is 6. The zero-order valence-electron chi connectivity index (χ0n) is 17.2. The van der Waals surface area contributed by atoms with E-state index in [1.165, 1.54) is 16.7 Å². The third-order valence-corrected chi connectivity index (χ3v) is 7.28. The molecule has 0 aromatic heterocycles. The Bertz CT molecular complexity index is 1280. The lowest BCUT2D eigenvalue weighted by molar-refractivity contribution is -0.113. The lowest BCUT2D eigenvalue weighted by Crippen LogP contribution is -2.27. The van der Waals surface area contributed by atoms with Gasteiger partial charge in [0.15, 0.2) is 4.32 Å². The summed E-state index contributed by atoms with van der Waals surface area (Å²) < 4.78 is 12.5. The molecule has 4 nitrogen and oxygen atoms in total. The number of ether oxygens (including phenoxy) is 2. The molecule has 0 aliphatic carbocycles. The van der Waals surface area contributed by atoms with Gasteiger partial charge in [-0.25, -0.2) is 0 Å². The Morgan fingerprint density at radius 3 is 2.61 bits per heavy atom. The van der Waals surface area contributed by atoms with Gasteiger partial charge in [0.1, 0.15) is 18.1 Å². The van der Waals surface area contributed by atoms with Crippen LogP contribution in [-0.2, 0) is 11.4 Å². The summed E-state index contributed by atoms with van der Waals surface area (Å²) >= 11 is 22.4. The van der Waals surface area contributed by atoms with Crippen LogP contribution >= 0.6 is 63.1 Å². The predicted octanol–water partition coefficient (Wildman–Crippen LogP) is 7.75. The number of hydrogen-bond acceptors (Lipinski definition) is 5. The van der Waals surface area contributed by atoms with Crippen molar-refractivity contribution in [2.45, 2.75) is 6.61 Å². The van der Waals surface area contributed by atoms with Gasteiger partial charge in [0.25, 0.3) is 5.91 Å². The summed E-state index contributed by atoms with van der Waals surface area (Å²) in [5.41, 5.74) is 2.29. The second-order valence-electron chi connectivity index (χ2n) is 6.90. The normalized spacial score (nSPS) is 14.8. The number of benzene rings is 3. The Morgan fingerprint density at radius 2 is 1.88 bits per heavy atom. The average Bonchev–Trinajstić information content (AvgIpc) is 3.06. The molecule has 9 heteroatoms. The molecule has 1 heterocycles. The van der Waals surface area contributed by atoms with Crippen LogP contribution in [0.15, 0.2) is 70.0 Å². The first-order valence-corrected chi connectivity index (χ1v) is 12.4. The topological polar surface area (TPSA) is 38.8 Å². The average molecular weight is 581 g/mol. The van der Waals surface area contributed by atoms with Crippen LogP contribution in [0.2, 0.25) is 10.0 Å². The van der Waals surface area contributed by atoms with E-state index in [1.807, 2.05) is 42.5 Å². The summed E-state index contributed by atoms with van der Waals surface area (Å²) in [6.07, 6.45) is 1.80. The van der Waals surface area contributed by atoms with Crippen molar-refractivity contribution in [3.8, 4) is 11.5 Å². The minimum absolute atomic E-state index is 0.191. The molecule has 0 spiro atoms. The second kappa shape index (κ2) is 10.5. The van der Waals surface area contributed by atoms with Crippen molar-refractivity contribution in [3.63, 3.8) is 0 Å². The van der Waals surface area contributed by atoms with Crippen molar-refractivity contribution in [1.82, 2.24) is 0 Å². The van der Waals surface area contributed by atoms with Crippen LogP contribution in [0.4, 0.5) is 5.69 Å². The van der Waals surface area contributed by atoms with E-state index in [-0.39, 0.29) is 5.91 Å². The largest absolute Gasteiger partial charge is 0.495 e. The lowest BCUT2D eigenvalue weighted by Gasteiger charge is -2.17. The standard InChI is InChI=1S/C24H16BrCl2NO3S2/c1-30-21-5-3-2-4-19(21)28-23(29)22(33-24(28)32)11-14-6-9-20(17(25)10-14)31-13-15-7-8-16(26)12-18(15)27/h2-12H,13H2,1H3/b22-11+. The number of nitrogens with zero attached hydrogens (tertiary/aromatic N) is 1. The first kappa shape index (κ1) is 24.1. The molecule has 0 unspecified atom stereocenters. The van der Waals surface area contributed by atoms with Gasteiger partial charge in [-0.2, -0.15) is 0 Å². The molecule has 4 rings (SSSR count). The van der Waals surface area contributed by atoms with Gasteiger partial charge in [-0.1, -0.05) is 71.4 Å². The van der Waals surface area contributed by atoms with Gasteiger partial charge < -0.3 is 9.47 Å². The monoisotopic (exact) mass is 579 g/mol. The number of anilines is 1. The van der Waals surface area contributed by atoms with Crippen molar-refractivity contribution in [3.05, 3.63) is 91.2 Å². The van der Waals surface area contributed by atoms with E-state index in [0.717, 1.165) is 15.6 Å². The molecule has 33 heavy (non-hydrogen) atoms. The van der Waals surface area contributed by atoms with Gasteiger partial charge in [-0.3, -0.25) is 9.69 Å². The molecule has 168 valence electrons. The number of methoxy groups -OCH3 is 1. The highest BCUT2D eigenvalue weighted by Crippen LogP contribution is 2.40. The molecule has 1 aliphatic rings. The van der Waals surface area contributed by atoms with Crippen LogP contribution in [0.25, 0.3) is 6.08 Å². The number of hydrogen-bond donors (Lipinski definition) is 0. The Balaban J connectivity index is 1.52. The smallest absolute Gasteiger partial charge is 0.270 e. The van der Waals surface area contributed by atoms with Crippen molar-refractivity contribution < 1.29 is 14.3 Å². The molecule has 1 aliphatic heterocycles. The number of para-hydroxylation sites is 2. The fourth-order valence-corrected chi connectivity index (χ4v) is 5.42. The van der Waals surface area contributed by atoms with Crippen LogP contribution < -0.4 is 14.4 Å². The second-order valence-corrected chi connectivity index (χ2v) is 10.3. The number of carbonyl (C=O) groups is 1. The molecule has 3 aromatic carbocycles. The lowest BCUT2D eigenvalue weighted by atomic mass is 10.2. The highest BCUT2D eigenvalue weighted by atomic mass is 79.9. The van der Waals surface area contributed by atoms with Crippen LogP contribution in [0.5, 0.6) is 11.5 Å². The maximum absolute atomic E-state index is 13.1. The Hall–Kier alpha value is -2.03. The van der Waals surface area contributed by atoms with Crippen LogP contribution in [0.1, 0.15) is 11.1 Å². The Labute approximate surface area is 219 Å². The first-order valence-electron chi connectivity index (χ1n) is 9.64. The van der Waals surface area contributed by atoms with Crippen molar-refractivity contribution >= 4 is 85.1 Å². The molecule has 1 saturated heterocycles. The van der Waals surface area contributed by atoms with Gasteiger partial charge in [0.05, 0.1) is 22.2 Å². The van der Waals surface area contributed by atoms with Crippen molar-refractivity contribution in [2.75, 3.05) is 12.0 Å². The van der Waals surface area contributed by atoms with E-state index in [9.17, 15) is 4.79 Å². The summed E-state index contributed by atoms with van der Waals surface area (Å²) in [5.74, 6) is 1.04. The van der Waals surface area contributed by atoms with Gasteiger partial charge >= 0.3 is 0 Å². The van der Waals surface area contributed by atoms with E-state index < -0.39 is 0 Å². The summed E-state index contributed by atoms with van der Waals surface area (Å²) in [4.78, 5) is 15.1. The number of thioether (sulfide) groups is 1. The predicted molar refractivity (Wildman–Crippen MR) is 144 cm³/mol. The van der Waals surface area contributed by atoms with E-state index in [4.69, 9.17) is 44.9 Å². The molecule has 0 bridgehead atoms. The van der Waals surface area contributed by atoms with E-state index >= 15 is 0 Å². The highest BCUT2D eigenvalue weighted by molar-refractivity contribution is 9.10. The minimum Gasteiger partial charge on any atom is -0.495 e. The van der Waals surface area contributed by atoms with Crippen molar-refractivity contribution in [1.29, 1.82) is 0 Å². The molecule has 0 radical (unpaired) electrons. The van der Waals surface area contributed by atoms with E-state index in [2.05, 4.69) is 15.9 Å². The summed E-state index contributed by atoms with van der Waals surface area (Å²) in [7, 11) is 1.56. The number of carbonyl (C=O) groups excluding carboxylic acids is 1. The van der Waals surface area contributed by atoms with Crippen LogP contribution in [0.3, 0.4) is 0 Å². The fourth-order valence-electron chi connectivity index (χ4n) is 3.16. The van der Waals surface area contributed by atoms with E-state index in [0.29, 0.717) is 43.1 Å². The fraction of sp³-hybridized carbons (Fsp3) is 0.0833. The Kier molecular flexibility index (Phi) is 7.66. The maximum atomic E-state index is 13.1. The number of amides is 1. The molecular weight excluding hydrogens is 565 g/mol. The minimum atomic E-state index is -0.191. The van der Waals surface area contributed by atoms with Gasteiger partial charge in [0.2, 0.25) is 0 Å². The number of thiocarbonyl (C=S) groups is 1. The summed E-state index contributed by atoms with van der Waals surface area (Å²) in [6.45, 7) is 0.297. The highest BCUT2D eigenvalue weighted by Gasteiger charge is 2.34. The third-order valence-electron chi connectivity index (χ3n) is 4.77. The molecule has 3 aromatic rings. The number of halogens is 3. The zero-order valence-corrected chi connectivity index (χ0v) is 21.9. The SMILES string of the molecule is COc1ccccc1N1C(=O)/C(=C\c2ccc(OCc3ccc(Cl)cc3Cl)c(Br)c2)SC1=S. The maximum Gasteiger partial charge on any atom is 0.270 e. The Morgan fingerprint density at radius 1 is 1.09 bits per heavy atom. The first-order chi connectivity index (χ1) is 15.9.